The lowest BCUT2D eigenvalue weighted by molar-refractivity contribution is -0.146. The fraction of sp³-hybridized carbons (Fsp3) is 0.815. The SMILES string of the molecule is CCCN(C)C(=O)CCC(=O)OCCCCCOC(=O)OCCCCCOC(=O)CCC(=O)N(C)C(C)C. The van der Waals surface area contributed by atoms with E-state index in [9.17, 15) is 24.0 Å². The molecule has 0 aliphatic rings. The summed E-state index contributed by atoms with van der Waals surface area (Å²) in [6, 6.07) is 0.0921. The van der Waals surface area contributed by atoms with Crippen LogP contribution >= 0.6 is 0 Å². The van der Waals surface area contributed by atoms with Crippen molar-refractivity contribution in [1.29, 1.82) is 0 Å². The first-order valence-corrected chi connectivity index (χ1v) is 13.7. The van der Waals surface area contributed by atoms with Crippen LogP contribution in [0, 0.1) is 0 Å². The Balaban J connectivity index is 3.56. The second-order valence-corrected chi connectivity index (χ2v) is 9.42. The predicted molar refractivity (Wildman–Crippen MR) is 141 cm³/mol. The molecule has 220 valence electrons. The normalized spacial score (nSPS) is 10.6. The van der Waals surface area contributed by atoms with Crippen LogP contribution in [0.25, 0.3) is 0 Å². The average molecular weight is 545 g/mol. The summed E-state index contributed by atoms with van der Waals surface area (Å²) in [7, 11) is 3.43. The summed E-state index contributed by atoms with van der Waals surface area (Å²) >= 11 is 0. The molecule has 0 fully saturated rings. The van der Waals surface area contributed by atoms with Crippen LogP contribution in [-0.4, -0.2) is 92.8 Å². The Morgan fingerprint density at radius 1 is 0.605 bits per heavy atom. The van der Waals surface area contributed by atoms with Crippen molar-refractivity contribution in [3.8, 4) is 0 Å². The van der Waals surface area contributed by atoms with Crippen LogP contribution in [0.3, 0.4) is 0 Å². The van der Waals surface area contributed by atoms with Gasteiger partial charge in [-0.25, -0.2) is 4.79 Å². The minimum atomic E-state index is -0.725. The predicted octanol–water partition coefficient (Wildman–Crippen LogP) is 3.86. The van der Waals surface area contributed by atoms with E-state index in [4.69, 9.17) is 18.9 Å². The zero-order valence-corrected chi connectivity index (χ0v) is 24.0. The van der Waals surface area contributed by atoms with Crippen LogP contribution in [0.5, 0.6) is 0 Å². The number of carbonyl (C=O) groups excluding carboxylic acids is 5. The van der Waals surface area contributed by atoms with Crippen LogP contribution in [0.4, 0.5) is 4.79 Å². The first kappa shape index (κ1) is 35.2. The molecule has 0 aromatic rings. The van der Waals surface area contributed by atoms with Gasteiger partial charge in [0.25, 0.3) is 0 Å². The van der Waals surface area contributed by atoms with Gasteiger partial charge in [-0.15, -0.1) is 0 Å². The van der Waals surface area contributed by atoms with Gasteiger partial charge >= 0.3 is 18.1 Å². The summed E-state index contributed by atoms with van der Waals surface area (Å²) in [6.07, 6.45) is 4.54. The molecule has 0 bridgehead atoms. The lowest BCUT2D eigenvalue weighted by atomic mass is 10.2. The fourth-order valence-electron chi connectivity index (χ4n) is 3.16. The van der Waals surface area contributed by atoms with Crippen molar-refractivity contribution in [1.82, 2.24) is 9.80 Å². The van der Waals surface area contributed by atoms with Crippen LogP contribution in [0.1, 0.15) is 91.4 Å². The van der Waals surface area contributed by atoms with Gasteiger partial charge in [0.1, 0.15) is 0 Å². The monoisotopic (exact) mass is 544 g/mol. The van der Waals surface area contributed by atoms with Crippen molar-refractivity contribution in [2.45, 2.75) is 97.4 Å². The molecule has 0 aliphatic carbocycles. The molecule has 0 aromatic carbocycles. The maximum atomic E-state index is 11.8. The number of unbranched alkanes of at least 4 members (excludes halogenated alkanes) is 4. The van der Waals surface area contributed by atoms with E-state index in [2.05, 4.69) is 0 Å². The molecule has 0 rings (SSSR count). The van der Waals surface area contributed by atoms with Crippen LogP contribution in [-0.2, 0) is 38.1 Å². The maximum Gasteiger partial charge on any atom is 0.508 e. The molecule has 0 atom stereocenters. The van der Waals surface area contributed by atoms with Gasteiger partial charge in [0.05, 0.1) is 39.3 Å². The van der Waals surface area contributed by atoms with E-state index in [0.29, 0.717) is 32.2 Å². The molecule has 0 N–H and O–H groups in total. The summed E-state index contributed by atoms with van der Waals surface area (Å²) in [5, 5.41) is 0. The van der Waals surface area contributed by atoms with E-state index in [1.54, 1.807) is 23.9 Å². The Labute approximate surface area is 227 Å². The second-order valence-electron chi connectivity index (χ2n) is 9.42. The molecule has 38 heavy (non-hydrogen) atoms. The van der Waals surface area contributed by atoms with Gasteiger partial charge in [0, 0.05) is 39.5 Å². The number of hydrogen-bond donors (Lipinski definition) is 0. The smallest absolute Gasteiger partial charge is 0.466 e. The highest BCUT2D eigenvalue weighted by atomic mass is 16.7. The summed E-state index contributed by atoms with van der Waals surface area (Å²) in [5.74, 6) is -0.929. The molecule has 0 spiro atoms. The van der Waals surface area contributed by atoms with E-state index in [1.165, 1.54) is 0 Å². The summed E-state index contributed by atoms with van der Waals surface area (Å²) in [5.41, 5.74) is 0. The van der Waals surface area contributed by atoms with E-state index in [0.717, 1.165) is 19.3 Å². The number of ether oxygens (including phenoxy) is 4. The third-order valence-corrected chi connectivity index (χ3v) is 5.78. The largest absolute Gasteiger partial charge is 0.508 e. The zero-order chi connectivity index (χ0) is 28.8. The molecule has 11 heteroatoms. The van der Waals surface area contributed by atoms with Gasteiger partial charge in [-0.2, -0.15) is 0 Å². The van der Waals surface area contributed by atoms with Crippen molar-refractivity contribution < 1.29 is 42.9 Å². The number of amides is 2. The minimum Gasteiger partial charge on any atom is -0.466 e. The van der Waals surface area contributed by atoms with Crippen molar-refractivity contribution in [2.24, 2.45) is 0 Å². The third-order valence-electron chi connectivity index (χ3n) is 5.78. The molecular formula is C27H48N2O9. The number of rotatable bonds is 21. The van der Waals surface area contributed by atoms with E-state index in [-0.39, 0.29) is 75.9 Å². The first-order chi connectivity index (χ1) is 18.1. The summed E-state index contributed by atoms with van der Waals surface area (Å²) in [4.78, 5) is 61.8. The first-order valence-electron chi connectivity index (χ1n) is 13.7. The quantitative estimate of drug-likeness (QED) is 0.120. The molecule has 11 nitrogen and oxygen atoms in total. The summed E-state index contributed by atoms with van der Waals surface area (Å²) in [6.45, 7) is 7.45. The van der Waals surface area contributed by atoms with E-state index in [1.807, 2.05) is 20.8 Å². The standard InChI is InChI=1S/C27H48N2O9/c1-6-17-28(4)23(30)13-15-25(32)35-18-9-7-11-20-37-27(34)38-21-12-8-10-19-36-26(33)16-14-24(31)29(5)22(2)3/h22H,6-21H2,1-5H3. The molecule has 0 saturated carbocycles. The molecule has 0 aromatic heterocycles. The van der Waals surface area contributed by atoms with Gasteiger partial charge in [-0.1, -0.05) is 6.92 Å². The van der Waals surface area contributed by atoms with Crippen molar-refractivity contribution in [3.05, 3.63) is 0 Å². The summed E-state index contributed by atoms with van der Waals surface area (Å²) < 4.78 is 20.2. The van der Waals surface area contributed by atoms with Crippen LogP contribution in [0.2, 0.25) is 0 Å². The Kier molecular flexibility index (Phi) is 20.5. The van der Waals surface area contributed by atoms with Gasteiger partial charge in [-0.3, -0.25) is 19.2 Å². The topological polar surface area (TPSA) is 129 Å². The third kappa shape index (κ3) is 19.3. The molecule has 0 unspecified atom stereocenters. The van der Waals surface area contributed by atoms with Crippen molar-refractivity contribution >= 4 is 29.9 Å². The zero-order valence-electron chi connectivity index (χ0n) is 24.0. The minimum absolute atomic E-state index is 0.0648. The Morgan fingerprint density at radius 3 is 1.45 bits per heavy atom. The second kappa shape index (κ2) is 22.2. The average Bonchev–Trinajstić information content (AvgIpc) is 2.88. The highest BCUT2D eigenvalue weighted by Gasteiger charge is 2.14. The van der Waals surface area contributed by atoms with Gasteiger partial charge in [-0.05, 0) is 58.8 Å². The van der Waals surface area contributed by atoms with E-state index >= 15 is 0 Å². The van der Waals surface area contributed by atoms with Gasteiger partial charge in [0.15, 0.2) is 0 Å². The Bertz CT molecular complexity index is 713. The lowest BCUT2D eigenvalue weighted by Gasteiger charge is -2.21. The molecule has 0 saturated heterocycles. The van der Waals surface area contributed by atoms with Gasteiger partial charge in [0.2, 0.25) is 11.8 Å². The van der Waals surface area contributed by atoms with Crippen LogP contribution in [0.15, 0.2) is 0 Å². The maximum absolute atomic E-state index is 11.8. The van der Waals surface area contributed by atoms with Crippen LogP contribution < -0.4 is 0 Å². The fourth-order valence-corrected chi connectivity index (χ4v) is 3.16. The molecule has 0 radical (unpaired) electrons. The number of nitrogens with zero attached hydrogens (tertiary/aromatic N) is 2. The van der Waals surface area contributed by atoms with Gasteiger partial charge < -0.3 is 28.7 Å². The highest BCUT2D eigenvalue weighted by molar-refractivity contribution is 5.81. The Hall–Kier alpha value is -2.85. The lowest BCUT2D eigenvalue weighted by Crippen LogP contribution is -2.33. The van der Waals surface area contributed by atoms with Crippen molar-refractivity contribution in [3.63, 3.8) is 0 Å². The van der Waals surface area contributed by atoms with E-state index < -0.39 is 12.1 Å². The number of esters is 2. The number of hydrogen-bond acceptors (Lipinski definition) is 9. The molecule has 0 aliphatic heterocycles. The van der Waals surface area contributed by atoms with Crippen molar-refractivity contribution in [2.75, 3.05) is 47.1 Å². The molecule has 2 amide bonds. The molecular weight excluding hydrogens is 496 g/mol. The molecule has 0 heterocycles. The Morgan fingerprint density at radius 2 is 1.03 bits per heavy atom. The highest BCUT2D eigenvalue weighted by Crippen LogP contribution is 2.05. The number of carbonyl (C=O) groups is 5.